The Morgan fingerprint density at radius 2 is 1.50 bits per heavy atom. The maximum Gasteiger partial charge on any atom is 0.358 e. The van der Waals surface area contributed by atoms with Crippen molar-refractivity contribution in [1.82, 2.24) is 4.90 Å². The summed E-state index contributed by atoms with van der Waals surface area (Å²) in [4.78, 5) is 32.5. The van der Waals surface area contributed by atoms with Crippen LogP contribution in [-0.2, 0) is 23.4 Å². The molecule has 2 aliphatic rings. The minimum atomic E-state index is -3.79. The number of alkyl halides is 3. The number of likely N-dealkylation sites (tertiary alicyclic amines) is 1. The Kier molecular flexibility index (Phi) is 9.26. The Labute approximate surface area is 262 Å². The molecular formula is C29H24Cl3N2O6PS. The third-order valence-electron chi connectivity index (χ3n) is 6.25. The summed E-state index contributed by atoms with van der Waals surface area (Å²) < 4.78 is 29.9. The van der Waals surface area contributed by atoms with E-state index in [-0.39, 0.29) is 18.1 Å². The van der Waals surface area contributed by atoms with Gasteiger partial charge in [-0.05, 0) is 43.3 Å². The van der Waals surface area contributed by atoms with E-state index in [4.69, 9.17) is 48.8 Å². The summed E-state index contributed by atoms with van der Waals surface area (Å²) in [5.41, 5.74) is -0.254. The first-order valence-corrected chi connectivity index (χ1v) is 16.3. The van der Waals surface area contributed by atoms with Crippen molar-refractivity contribution in [2.75, 3.05) is 13.2 Å². The molecule has 5 rings (SSSR count). The van der Waals surface area contributed by atoms with Gasteiger partial charge in [0.25, 0.3) is 5.91 Å². The number of hydrogen-bond acceptors (Lipinski definition) is 8. The standard InChI is InChI=1S/C29H24Cl3N2O6PS/c1-19(40-41(37,21-13-7-3-8-14-21)22-15-9-4-10-16-22)25(28(36)39-18-29(30,31)32)34-26(35)24-27(34)42-23(33-24)17-38-20-11-5-2-6-12-20/h2-16,24,27H,17-18H2,1H3. The predicted molar refractivity (Wildman–Crippen MR) is 166 cm³/mol. The first kappa shape index (κ1) is 30.5. The topological polar surface area (TPSA) is 94.5 Å². The number of aliphatic imine (C=N–C) groups is 1. The summed E-state index contributed by atoms with van der Waals surface area (Å²) in [5.74, 6) is -0.879. The molecule has 2 atom stereocenters. The van der Waals surface area contributed by atoms with Gasteiger partial charge in [-0.25, -0.2) is 4.79 Å². The van der Waals surface area contributed by atoms with Gasteiger partial charge in [-0.15, -0.1) is 0 Å². The molecule has 3 aromatic carbocycles. The summed E-state index contributed by atoms with van der Waals surface area (Å²) >= 11 is 18.7. The number of fused-ring (bicyclic) bond motifs is 1. The summed E-state index contributed by atoms with van der Waals surface area (Å²) in [6.45, 7) is 1.01. The quantitative estimate of drug-likeness (QED) is 0.0671. The van der Waals surface area contributed by atoms with Gasteiger partial charge in [0.15, 0.2) is 11.7 Å². The molecule has 2 aliphatic heterocycles. The second-order valence-electron chi connectivity index (χ2n) is 9.20. The number of esters is 1. The number of halogens is 3. The number of benzene rings is 3. The average molecular weight is 666 g/mol. The van der Waals surface area contributed by atoms with Crippen LogP contribution in [0.2, 0.25) is 0 Å². The maximum absolute atomic E-state index is 14.6. The van der Waals surface area contributed by atoms with E-state index in [1.165, 1.54) is 23.6 Å². The van der Waals surface area contributed by atoms with Gasteiger partial charge >= 0.3 is 13.3 Å². The molecule has 2 unspecified atom stereocenters. The van der Waals surface area contributed by atoms with Crippen molar-refractivity contribution >= 4 is 81.5 Å². The van der Waals surface area contributed by atoms with E-state index >= 15 is 0 Å². The SMILES string of the molecule is CC(OP(=O)(c1ccccc1)c1ccccc1)=C(C(=O)OCC(Cl)(Cl)Cl)N1C(=O)C2N=C(COc3ccccc3)SC21. The fraction of sp³-hybridized carbons (Fsp3) is 0.207. The van der Waals surface area contributed by atoms with E-state index in [1.807, 2.05) is 30.3 Å². The van der Waals surface area contributed by atoms with Crippen LogP contribution in [0, 0.1) is 0 Å². The van der Waals surface area contributed by atoms with E-state index in [9.17, 15) is 14.2 Å². The lowest BCUT2D eigenvalue weighted by atomic mass is 10.1. The number of rotatable bonds is 10. The number of thioether (sulfide) groups is 1. The first-order valence-electron chi connectivity index (χ1n) is 12.7. The summed E-state index contributed by atoms with van der Waals surface area (Å²) in [6, 6.07) is 25.7. The number of para-hydroxylation sites is 1. The molecule has 0 radical (unpaired) electrons. The smallest absolute Gasteiger partial charge is 0.358 e. The number of amides is 1. The normalized spacial score (nSPS) is 18.8. The van der Waals surface area contributed by atoms with Gasteiger partial charge in [-0.1, -0.05) is 101 Å². The van der Waals surface area contributed by atoms with Gasteiger partial charge in [0.1, 0.15) is 35.1 Å². The Hall–Kier alpha value is -2.94. The predicted octanol–water partition coefficient (Wildman–Crippen LogP) is 5.84. The van der Waals surface area contributed by atoms with E-state index in [0.717, 1.165) is 0 Å². The minimum Gasteiger partial charge on any atom is -0.487 e. The van der Waals surface area contributed by atoms with Crippen molar-refractivity contribution in [2.45, 2.75) is 22.1 Å². The lowest BCUT2D eigenvalue weighted by Crippen LogP contribution is -2.61. The highest BCUT2D eigenvalue weighted by Gasteiger charge is 2.56. The van der Waals surface area contributed by atoms with Crippen LogP contribution in [0.25, 0.3) is 0 Å². The number of ether oxygens (including phenoxy) is 2. The second kappa shape index (κ2) is 12.7. The molecule has 8 nitrogen and oxygen atoms in total. The van der Waals surface area contributed by atoms with Crippen molar-refractivity contribution in [1.29, 1.82) is 0 Å². The Morgan fingerprint density at radius 1 is 0.952 bits per heavy atom. The minimum absolute atomic E-state index is 0.0956. The van der Waals surface area contributed by atoms with Gasteiger partial charge in [0, 0.05) is 0 Å². The van der Waals surface area contributed by atoms with Crippen LogP contribution in [0.5, 0.6) is 5.75 Å². The summed E-state index contributed by atoms with van der Waals surface area (Å²) in [5, 5.41) is 0.803. The molecule has 3 aromatic rings. The van der Waals surface area contributed by atoms with Crippen molar-refractivity contribution in [3.8, 4) is 5.75 Å². The van der Waals surface area contributed by atoms with Gasteiger partial charge < -0.3 is 14.0 Å². The molecular weight excluding hydrogens is 642 g/mol. The Bertz CT molecular complexity index is 1520. The zero-order chi connectivity index (χ0) is 29.9. The molecule has 0 bridgehead atoms. The molecule has 0 aromatic heterocycles. The van der Waals surface area contributed by atoms with E-state index in [1.54, 1.807) is 60.7 Å². The van der Waals surface area contributed by atoms with Crippen LogP contribution in [0.3, 0.4) is 0 Å². The third-order valence-corrected chi connectivity index (χ3v) is 10.3. The highest BCUT2D eigenvalue weighted by atomic mass is 35.6. The van der Waals surface area contributed by atoms with Crippen molar-refractivity contribution in [3.05, 3.63) is 102 Å². The van der Waals surface area contributed by atoms with E-state index < -0.39 is 41.1 Å². The van der Waals surface area contributed by atoms with Gasteiger partial charge in [0.05, 0.1) is 10.6 Å². The number of carbonyl (C=O) groups is 2. The molecule has 0 aliphatic carbocycles. The summed E-state index contributed by atoms with van der Waals surface area (Å²) in [6.07, 6.45) is 0. The fourth-order valence-corrected chi connectivity index (χ4v) is 7.82. The van der Waals surface area contributed by atoms with Crippen molar-refractivity contribution < 1.29 is 28.2 Å². The number of carbonyl (C=O) groups excluding carboxylic acids is 2. The lowest BCUT2D eigenvalue weighted by molar-refractivity contribution is -0.150. The molecule has 0 saturated carbocycles. The number of hydrogen-bond donors (Lipinski definition) is 0. The van der Waals surface area contributed by atoms with Crippen molar-refractivity contribution in [2.24, 2.45) is 4.99 Å². The van der Waals surface area contributed by atoms with Crippen LogP contribution >= 0.6 is 53.9 Å². The van der Waals surface area contributed by atoms with Gasteiger partial charge in [-0.2, -0.15) is 0 Å². The van der Waals surface area contributed by atoms with Crippen LogP contribution in [-0.4, -0.2) is 50.2 Å². The lowest BCUT2D eigenvalue weighted by Gasteiger charge is -2.41. The zero-order valence-electron chi connectivity index (χ0n) is 22.1. The highest BCUT2D eigenvalue weighted by molar-refractivity contribution is 8.15. The highest BCUT2D eigenvalue weighted by Crippen LogP contribution is 2.49. The third kappa shape index (κ3) is 6.66. The zero-order valence-corrected chi connectivity index (χ0v) is 26.0. The fourth-order valence-electron chi connectivity index (χ4n) is 4.35. The number of allylic oxidation sites excluding steroid dienone is 1. The van der Waals surface area contributed by atoms with Crippen LogP contribution in [0.1, 0.15) is 6.92 Å². The van der Waals surface area contributed by atoms with Crippen LogP contribution < -0.4 is 15.3 Å². The molecule has 42 heavy (non-hydrogen) atoms. The Morgan fingerprint density at radius 3 is 2.05 bits per heavy atom. The number of β-lactam (4-membered cyclic amide) rings is 1. The van der Waals surface area contributed by atoms with Crippen LogP contribution in [0.15, 0.2) is 107 Å². The Balaban J connectivity index is 1.46. The maximum atomic E-state index is 14.6. The monoisotopic (exact) mass is 664 g/mol. The molecule has 2 heterocycles. The van der Waals surface area contributed by atoms with Gasteiger partial charge in [-0.3, -0.25) is 19.3 Å². The molecule has 0 N–H and O–H groups in total. The molecule has 218 valence electrons. The summed E-state index contributed by atoms with van der Waals surface area (Å²) in [7, 11) is -3.79. The average Bonchev–Trinajstić information content (AvgIpc) is 3.37. The second-order valence-corrected chi connectivity index (χ2v) is 15.2. The molecule has 1 saturated heterocycles. The molecule has 0 spiro atoms. The first-order chi connectivity index (χ1) is 20.1. The molecule has 13 heteroatoms. The van der Waals surface area contributed by atoms with E-state index in [2.05, 4.69) is 4.99 Å². The van der Waals surface area contributed by atoms with E-state index in [0.29, 0.717) is 21.4 Å². The molecule has 1 fully saturated rings. The number of nitrogens with zero attached hydrogens (tertiary/aromatic N) is 2. The van der Waals surface area contributed by atoms with Gasteiger partial charge in [0.2, 0.25) is 3.79 Å². The van der Waals surface area contributed by atoms with Crippen molar-refractivity contribution in [3.63, 3.8) is 0 Å². The largest absolute Gasteiger partial charge is 0.487 e. The molecule has 1 amide bonds. The van der Waals surface area contributed by atoms with Crippen LogP contribution in [0.4, 0.5) is 0 Å².